The summed E-state index contributed by atoms with van der Waals surface area (Å²) >= 11 is 0. The monoisotopic (exact) mass is 503 g/mol. The van der Waals surface area contributed by atoms with E-state index in [0.717, 1.165) is 57.2 Å². The third kappa shape index (κ3) is 7.39. The predicted octanol–water partition coefficient (Wildman–Crippen LogP) is 3.54. The highest BCUT2D eigenvalue weighted by Crippen LogP contribution is 2.29. The van der Waals surface area contributed by atoms with Crippen LogP contribution in [-0.4, -0.2) is 48.8 Å². The van der Waals surface area contributed by atoms with E-state index in [1.165, 1.54) is 18.4 Å². The van der Waals surface area contributed by atoms with Crippen LogP contribution in [0.5, 0.6) is 0 Å². The number of hydrogen-bond donors (Lipinski definition) is 3. The van der Waals surface area contributed by atoms with Gasteiger partial charge in [0.2, 0.25) is 0 Å². The number of nitrogens with one attached hydrogen (secondary N) is 2. The molecule has 1 aliphatic rings. The number of hydrogen-bond acceptors (Lipinski definition) is 4. The molecule has 0 bridgehead atoms. The Bertz CT molecular complexity index is 586. The summed E-state index contributed by atoms with van der Waals surface area (Å²) in [7, 11) is 0. The van der Waals surface area contributed by atoms with Gasteiger partial charge in [0.25, 0.3) is 0 Å². The van der Waals surface area contributed by atoms with Crippen molar-refractivity contribution in [3.8, 4) is 0 Å². The predicted molar refractivity (Wildman–Crippen MR) is 129 cm³/mol. The summed E-state index contributed by atoms with van der Waals surface area (Å²) < 4.78 is 0. The Hall–Kier alpha value is -1.09. The van der Waals surface area contributed by atoms with Crippen molar-refractivity contribution >= 4 is 35.8 Å². The summed E-state index contributed by atoms with van der Waals surface area (Å²) in [5.41, 5.74) is 1.29. The summed E-state index contributed by atoms with van der Waals surface area (Å²) in [5, 5.41) is 16.2. The summed E-state index contributed by atoms with van der Waals surface area (Å²) in [5.74, 6) is 1.90. The van der Waals surface area contributed by atoms with Crippen LogP contribution in [0.4, 0.5) is 5.82 Å². The minimum absolute atomic E-state index is 0. The summed E-state index contributed by atoms with van der Waals surface area (Å²) in [4.78, 5) is 11.6. The van der Waals surface area contributed by atoms with E-state index in [9.17, 15) is 5.11 Å². The first kappa shape index (κ1) is 24.9. The van der Waals surface area contributed by atoms with Gasteiger partial charge < -0.3 is 20.6 Å². The first-order valence-corrected chi connectivity index (χ1v) is 10.5. The molecule has 1 aromatic heterocycles. The molecule has 0 radical (unpaired) electrons. The lowest BCUT2D eigenvalue weighted by molar-refractivity contribution is 0.169. The molecule has 160 valence electrons. The number of guanidine groups is 1. The first-order valence-electron chi connectivity index (χ1n) is 10.5. The maximum absolute atomic E-state index is 9.42. The molecule has 0 saturated carbocycles. The fourth-order valence-electron chi connectivity index (χ4n) is 3.64. The summed E-state index contributed by atoms with van der Waals surface area (Å²) in [6.45, 7) is 11.2. The van der Waals surface area contributed by atoms with Crippen LogP contribution >= 0.6 is 24.0 Å². The second-order valence-electron chi connectivity index (χ2n) is 7.45. The van der Waals surface area contributed by atoms with Crippen LogP contribution in [0, 0.1) is 5.41 Å². The molecule has 1 aromatic rings. The number of rotatable bonds is 10. The van der Waals surface area contributed by atoms with Gasteiger partial charge in [0.05, 0.1) is 6.54 Å². The first-order chi connectivity index (χ1) is 13.2. The van der Waals surface area contributed by atoms with Gasteiger partial charge in [-0.15, -0.1) is 24.0 Å². The smallest absolute Gasteiger partial charge is 0.191 e. The van der Waals surface area contributed by atoms with E-state index in [4.69, 9.17) is 4.99 Å². The lowest BCUT2D eigenvalue weighted by Gasteiger charge is -2.32. The van der Waals surface area contributed by atoms with E-state index in [0.29, 0.717) is 6.54 Å². The number of aliphatic hydroxyl groups excluding tert-OH is 1. The molecule has 6 nitrogen and oxygen atoms in total. The molecule has 0 aromatic carbocycles. The van der Waals surface area contributed by atoms with Gasteiger partial charge in [-0.05, 0) is 62.1 Å². The molecule has 1 aliphatic heterocycles. The molecule has 0 aliphatic carbocycles. The Morgan fingerprint density at radius 1 is 1.21 bits per heavy atom. The minimum Gasteiger partial charge on any atom is -0.396 e. The SMILES string of the molecule is CCNC(=NCc1ccnc(N2CCCC2)c1)NCC(CC)(CC)CCO.I. The van der Waals surface area contributed by atoms with Crippen molar-refractivity contribution in [1.82, 2.24) is 15.6 Å². The van der Waals surface area contributed by atoms with Crippen molar-refractivity contribution in [3.05, 3.63) is 23.9 Å². The fraction of sp³-hybridized carbons (Fsp3) is 0.714. The largest absolute Gasteiger partial charge is 0.396 e. The molecule has 2 rings (SSSR count). The number of aliphatic imine (C=N–C) groups is 1. The summed E-state index contributed by atoms with van der Waals surface area (Å²) in [6.07, 6.45) is 7.29. The highest BCUT2D eigenvalue weighted by molar-refractivity contribution is 14.0. The van der Waals surface area contributed by atoms with E-state index in [2.05, 4.69) is 47.4 Å². The van der Waals surface area contributed by atoms with Crippen molar-refractivity contribution in [2.24, 2.45) is 10.4 Å². The average Bonchev–Trinajstić information content (AvgIpc) is 3.24. The molecule has 2 heterocycles. The number of anilines is 1. The van der Waals surface area contributed by atoms with Crippen LogP contribution in [0.1, 0.15) is 58.4 Å². The van der Waals surface area contributed by atoms with Crippen molar-refractivity contribution in [3.63, 3.8) is 0 Å². The standard InChI is InChI=1S/C21H37N5O.HI/c1-4-21(5-2,10-14-27)17-25-20(22-6-3)24-16-18-9-11-23-19(15-18)26-12-7-8-13-26;/h9,11,15,27H,4-8,10,12-14,16-17H2,1-3H3,(H2,22,24,25);1H. The molecule has 0 atom stereocenters. The van der Waals surface area contributed by atoms with Crippen molar-refractivity contribution in [2.75, 3.05) is 37.7 Å². The molecule has 7 heteroatoms. The van der Waals surface area contributed by atoms with E-state index in [1.54, 1.807) is 0 Å². The lowest BCUT2D eigenvalue weighted by Crippen LogP contribution is -2.43. The third-order valence-electron chi connectivity index (χ3n) is 5.78. The normalized spacial score (nSPS) is 14.7. The second-order valence-corrected chi connectivity index (χ2v) is 7.45. The van der Waals surface area contributed by atoms with Gasteiger partial charge in [0, 0.05) is 39.0 Å². The number of halogens is 1. The highest BCUT2D eigenvalue weighted by Gasteiger charge is 2.25. The third-order valence-corrected chi connectivity index (χ3v) is 5.78. The topological polar surface area (TPSA) is 72.8 Å². The fourth-order valence-corrected chi connectivity index (χ4v) is 3.64. The number of pyridine rings is 1. The minimum atomic E-state index is 0. The van der Waals surface area contributed by atoms with Gasteiger partial charge in [0.1, 0.15) is 5.82 Å². The van der Waals surface area contributed by atoms with Gasteiger partial charge in [-0.3, -0.25) is 0 Å². The molecular formula is C21H38IN5O. The van der Waals surface area contributed by atoms with Gasteiger partial charge in [0.15, 0.2) is 5.96 Å². The van der Waals surface area contributed by atoms with Gasteiger partial charge in [-0.2, -0.15) is 0 Å². The van der Waals surface area contributed by atoms with E-state index < -0.39 is 0 Å². The van der Waals surface area contributed by atoms with Crippen molar-refractivity contribution < 1.29 is 5.11 Å². The zero-order valence-electron chi connectivity index (χ0n) is 17.7. The zero-order valence-corrected chi connectivity index (χ0v) is 20.0. The Kier molecular flexibility index (Phi) is 11.8. The molecule has 1 fully saturated rings. The van der Waals surface area contributed by atoms with Crippen LogP contribution < -0.4 is 15.5 Å². The van der Waals surface area contributed by atoms with Gasteiger partial charge in [-0.1, -0.05) is 13.8 Å². The Balaban J connectivity index is 0.00000392. The Labute approximate surface area is 187 Å². The lowest BCUT2D eigenvalue weighted by atomic mass is 9.79. The molecule has 0 amide bonds. The Morgan fingerprint density at radius 2 is 1.93 bits per heavy atom. The van der Waals surface area contributed by atoms with Crippen molar-refractivity contribution in [1.29, 1.82) is 0 Å². The second kappa shape index (κ2) is 13.2. The number of aliphatic hydroxyl groups is 1. The van der Waals surface area contributed by atoms with Crippen molar-refractivity contribution in [2.45, 2.75) is 59.4 Å². The quantitative estimate of drug-likeness (QED) is 0.259. The summed E-state index contributed by atoms with van der Waals surface area (Å²) in [6, 6.07) is 4.20. The molecule has 1 saturated heterocycles. The molecule has 0 unspecified atom stereocenters. The van der Waals surface area contributed by atoms with Gasteiger partial charge in [-0.25, -0.2) is 9.98 Å². The number of aromatic nitrogens is 1. The zero-order chi connectivity index (χ0) is 19.5. The van der Waals surface area contributed by atoms with Gasteiger partial charge >= 0.3 is 0 Å². The maximum atomic E-state index is 9.42. The van der Waals surface area contributed by atoms with Crippen LogP contribution in [0.2, 0.25) is 0 Å². The van der Waals surface area contributed by atoms with Crippen LogP contribution in [-0.2, 0) is 6.54 Å². The maximum Gasteiger partial charge on any atom is 0.191 e. The number of nitrogens with zero attached hydrogens (tertiary/aromatic N) is 3. The Morgan fingerprint density at radius 3 is 2.54 bits per heavy atom. The molecule has 3 N–H and O–H groups in total. The van der Waals surface area contributed by atoms with Crippen LogP contribution in [0.25, 0.3) is 0 Å². The highest BCUT2D eigenvalue weighted by atomic mass is 127. The molecule has 28 heavy (non-hydrogen) atoms. The van der Waals surface area contributed by atoms with E-state index >= 15 is 0 Å². The molecule has 0 spiro atoms. The van der Waals surface area contributed by atoms with Crippen LogP contribution in [0.3, 0.4) is 0 Å². The molecular weight excluding hydrogens is 465 g/mol. The van der Waals surface area contributed by atoms with E-state index in [-0.39, 0.29) is 36.0 Å². The van der Waals surface area contributed by atoms with E-state index in [1.807, 2.05) is 12.3 Å². The van der Waals surface area contributed by atoms with Crippen LogP contribution in [0.15, 0.2) is 23.3 Å². The average molecular weight is 503 g/mol.